The number of benzene rings is 2. The molecule has 0 radical (unpaired) electrons. The van der Waals surface area contributed by atoms with Crippen molar-refractivity contribution in [2.45, 2.75) is 26.2 Å². The lowest BCUT2D eigenvalue weighted by Crippen LogP contribution is -2.38. The Hall–Kier alpha value is -3.19. The minimum atomic E-state index is -0.483. The first kappa shape index (κ1) is 19.6. The number of hydrogen-bond donors (Lipinski definition) is 1. The highest BCUT2D eigenvalue weighted by atomic mass is 16.6. The van der Waals surface area contributed by atoms with Gasteiger partial charge in [-0.05, 0) is 49.1 Å². The quantitative estimate of drug-likeness (QED) is 0.341. The van der Waals surface area contributed by atoms with Crippen molar-refractivity contribution in [3.63, 3.8) is 0 Å². The van der Waals surface area contributed by atoms with E-state index in [4.69, 9.17) is 10.5 Å². The van der Waals surface area contributed by atoms with Crippen LogP contribution in [0.15, 0.2) is 48.2 Å². The minimum Gasteiger partial charge on any atom is -0.449 e. The van der Waals surface area contributed by atoms with E-state index < -0.39 is 4.92 Å². The second-order valence-electron chi connectivity index (χ2n) is 6.57. The fourth-order valence-electron chi connectivity index (χ4n) is 3.05. The van der Waals surface area contributed by atoms with Gasteiger partial charge in [0.1, 0.15) is 0 Å². The van der Waals surface area contributed by atoms with Crippen LogP contribution in [0.5, 0.6) is 5.75 Å². The summed E-state index contributed by atoms with van der Waals surface area (Å²) in [5.74, 6) is 0.303. The molecule has 2 N–H and O–H groups in total. The van der Waals surface area contributed by atoms with Crippen LogP contribution in [0.3, 0.4) is 0 Å². The number of aryl methyl sites for hydroxylation is 1. The number of nitro groups is 1. The van der Waals surface area contributed by atoms with Crippen LogP contribution in [0, 0.1) is 10.1 Å². The standard InChI is InChI=1S/C21H23N3O4/c1-2-15-5-7-16(8-6-15)13-20-21(25)23(12-4-3-11-22)18-14-17(24(26)27)9-10-19(18)28-20/h5-10,13-14H,2-4,11-12,22H2,1H3/b20-13+. The Bertz CT molecular complexity index is 906. The Balaban J connectivity index is 1.97. The summed E-state index contributed by atoms with van der Waals surface area (Å²) in [5, 5.41) is 11.1. The van der Waals surface area contributed by atoms with Gasteiger partial charge in [0, 0.05) is 18.7 Å². The van der Waals surface area contributed by atoms with E-state index in [0.29, 0.717) is 30.9 Å². The molecule has 1 aliphatic heterocycles. The molecule has 1 aliphatic rings. The number of hydrogen-bond acceptors (Lipinski definition) is 5. The topological polar surface area (TPSA) is 98.7 Å². The van der Waals surface area contributed by atoms with Gasteiger partial charge in [-0.1, -0.05) is 31.2 Å². The molecule has 3 rings (SSSR count). The average Bonchev–Trinajstić information content (AvgIpc) is 2.70. The van der Waals surface area contributed by atoms with Gasteiger partial charge in [0.2, 0.25) is 0 Å². The number of ether oxygens (including phenoxy) is 1. The van der Waals surface area contributed by atoms with Gasteiger partial charge in [0.05, 0.1) is 10.6 Å². The molecule has 0 aromatic heterocycles. The Morgan fingerprint density at radius 3 is 2.57 bits per heavy atom. The van der Waals surface area contributed by atoms with Crippen molar-refractivity contribution in [3.8, 4) is 5.75 Å². The fraction of sp³-hybridized carbons (Fsp3) is 0.286. The first-order chi connectivity index (χ1) is 13.5. The number of amides is 1. The molecule has 28 heavy (non-hydrogen) atoms. The second-order valence-corrected chi connectivity index (χ2v) is 6.57. The lowest BCUT2D eigenvalue weighted by atomic mass is 10.1. The first-order valence-electron chi connectivity index (χ1n) is 9.32. The maximum atomic E-state index is 13.0. The summed E-state index contributed by atoms with van der Waals surface area (Å²) >= 11 is 0. The number of rotatable bonds is 7. The molecule has 0 atom stereocenters. The molecular formula is C21H23N3O4. The van der Waals surface area contributed by atoms with Crippen molar-refractivity contribution < 1.29 is 14.5 Å². The van der Waals surface area contributed by atoms with E-state index in [1.54, 1.807) is 6.08 Å². The van der Waals surface area contributed by atoms with Crippen molar-refractivity contribution in [3.05, 3.63) is 69.5 Å². The molecule has 7 heteroatoms. The van der Waals surface area contributed by atoms with Gasteiger partial charge in [0.25, 0.3) is 11.6 Å². The van der Waals surface area contributed by atoms with Gasteiger partial charge in [-0.25, -0.2) is 0 Å². The summed E-state index contributed by atoms with van der Waals surface area (Å²) in [6, 6.07) is 12.2. The maximum Gasteiger partial charge on any atom is 0.294 e. The van der Waals surface area contributed by atoms with Crippen LogP contribution in [0.1, 0.15) is 30.9 Å². The number of nitrogens with zero attached hydrogens (tertiary/aromatic N) is 2. The molecular weight excluding hydrogens is 358 g/mol. The van der Waals surface area contributed by atoms with Gasteiger partial charge in [0.15, 0.2) is 11.5 Å². The predicted octanol–water partition coefficient (Wildman–Crippen LogP) is 3.66. The predicted molar refractivity (Wildman–Crippen MR) is 108 cm³/mol. The molecule has 2 aromatic carbocycles. The molecule has 0 saturated heterocycles. The fourth-order valence-corrected chi connectivity index (χ4v) is 3.05. The molecule has 0 saturated carbocycles. The number of fused-ring (bicyclic) bond motifs is 1. The number of non-ortho nitro benzene ring substituents is 1. The monoisotopic (exact) mass is 381 g/mol. The Morgan fingerprint density at radius 2 is 1.93 bits per heavy atom. The van der Waals surface area contributed by atoms with Crippen LogP contribution in [-0.2, 0) is 11.2 Å². The van der Waals surface area contributed by atoms with Gasteiger partial charge in [-0.15, -0.1) is 0 Å². The van der Waals surface area contributed by atoms with Crippen LogP contribution in [-0.4, -0.2) is 23.9 Å². The lowest BCUT2D eigenvalue weighted by Gasteiger charge is -2.30. The van der Waals surface area contributed by atoms with Gasteiger partial charge < -0.3 is 15.4 Å². The zero-order valence-corrected chi connectivity index (χ0v) is 15.8. The van der Waals surface area contributed by atoms with Crippen molar-refractivity contribution in [2.75, 3.05) is 18.0 Å². The van der Waals surface area contributed by atoms with Crippen LogP contribution >= 0.6 is 0 Å². The number of nitrogens with two attached hydrogens (primary N) is 1. The molecule has 2 aromatic rings. The molecule has 1 amide bonds. The Kier molecular flexibility index (Phi) is 6.06. The SMILES string of the molecule is CCc1ccc(/C=C2/Oc3ccc([N+](=O)[O-])cc3N(CCCCN)C2=O)cc1. The highest BCUT2D eigenvalue weighted by Crippen LogP contribution is 2.38. The lowest BCUT2D eigenvalue weighted by molar-refractivity contribution is -0.384. The van der Waals surface area contributed by atoms with Crippen molar-refractivity contribution >= 4 is 23.4 Å². The molecule has 1 heterocycles. The summed E-state index contributed by atoms with van der Waals surface area (Å²) in [7, 11) is 0. The van der Waals surface area contributed by atoms with Crippen LogP contribution < -0.4 is 15.4 Å². The highest BCUT2D eigenvalue weighted by molar-refractivity contribution is 6.10. The summed E-state index contributed by atoms with van der Waals surface area (Å²) < 4.78 is 5.80. The van der Waals surface area contributed by atoms with E-state index in [2.05, 4.69) is 6.92 Å². The number of carbonyl (C=O) groups is 1. The van der Waals surface area contributed by atoms with Crippen molar-refractivity contribution in [2.24, 2.45) is 5.73 Å². The third-order valence-corrected chi connectivity index (χ3v) is 4.64. The van der Waals surface area contributed by atoms with E-state index in [-0.39, 0.29) is 17.4 Å². The largest absolute Gasteiger partial charge is 0.449 e. The minimum absolute atomic E-state index is 0.0819. The van der Waals surface area contributed by atoms with E-state index in [1.165, 1.54) is 28.7 Å². The van der Waals surface area contributed by atoms with E-state index in [0.717, 1.165) is 18.4 Å². The zero-order chi connectivity index (χ0) is 20.1. The molecule has 0 spiro atoms. The Labute approximate surface area is 163 Å². The smallest absolute Gasteiger partial charge is 0.294 e. The summed E-state index contributed by atoms with van der Waals surface area (Å²) in [6.45, 7) is 3.02. The summed E-state index contributed by atoms with van der Waals surface area (Å²) in [5.41, 5.74) is 7.95. The first-order valence-corrected chi connectivity index (χ1v) is 9.32. The molecule has 146 valence electrons. The molecule has 7 nitrogen and oxygen atoms in total. The van der Waals surface area contributed by atoms with Crippen LogP contribution in [0.4, 0.5) is 11.4 Å². The Morgan fingerprint density at radius 1 is 1.18 bits per heavy atom. The molecule has 0 aliphatic carbocycles. The second kappa shape index (κ2) is 8.67. The maximum absolute atomic E-state index is 13.0. The number of unbranched alkanes of at least 4 members (excludes halogenated alkanes) is 1. The number of carbonyl (C=O) groups excluding carboxylic acids is 1. The molecule has 0 unspecified atom stereocenters. The third-order valence-electron chi connectivity index (χ3n) is 4.64. The third kappa shape index (κ3) is 4.20. The van der Waals surface area contributed by atoms with E-state index >= 15 is 0 Å². The highest BCUT2D eigenvalue weighted by Gasteiger charge is 2.31. The average molecular weight is 381 g/mol. The van der Waals surface area contributed by atoms with Crippen LogP contribution in [0.25, 0.3) is 6.08 Å². The van der Waals surface area contributed by atoms with Crippen LogP contribution in [0.2, 0.25) is 0 Å². The van der Waals surface area contributed by atoms with Crippen molar-refractivity contribution in [1.82, 2.24) is 0 Å². The summed E-state index contributed by atoms with van der Waals surface area (Å²) in [4.78, 5) is 25.2. The van der Waals surface area contributed by atoms with Gasteiger partial charge in [-0.2, -0.15) is 0 Å². The molecule has 0 fully saturated rings. The van der Waals surface area contributed by atoms with Gasteiger partial charge >= 0.3 is 0 Å². The summed E-state index contributed by atoms with van der Waals surface area (Å²) in [6.07, 6.45) is 4.09. The van der Waals surface area contributed by atoms with E-state index in [9.17, 15) is 14.9 Å². The molecule has 0 bridgehead atoms. The van der Waals surface area contributed by atoms with Gasteiger partial charge in [-0.3, -0.25) is 14.9 Å². The van der Waals surface area contributed by atoms with Crippen molar-refractivity contribution in [1.29, 1.82) is 0 Å². The number of anilines is 1. The zero-order valence-electron chi connectivity index (χ0n) is 15.8. The van der Waals surface area contributed by atoms with E-state index in [1.807, 2.05) is 24.3 Å². The normalized spacial score (nSPS) is 14.7. The number of nitro benzene ring substituents is 1.